The molecule has 0 spiro atoms. The fraction of sp³-hybridized carbons (Fsp3) is 0.357. The van der Waals surface area contributed by atoms with Gasteiger partial charge in [-0.2, -0.15) is 0 Å². The molecule has 1 aromatic rings. The Hall–Kier alpha value is -1.65. The van der Waals surface area contributed by atoms with Crippen molar-refractivity contribution >= 4 is 11.6 Å². The van der Waals surface area contributed by atoms with Gasteiger partial charge in [-0.15, -0.1) is 0 Å². The summed E-state index contributed by atoms with van der Waals surface area (Å²) in [5.74, 6) is 0.0118. The molecule has 0 fully saturated rings. The van der Waals surface area contributed by atoms with Crippen molar-refractivity contribution < 1.29 is 14.6 Å². The minimum absolute atomic E-state index is 0.0118. The second-order valence-electron chi connectivity index (χ2n) is 4.14. The second-order valence-corrected chi connectivity index (χ2v) is 4.14. The number of hydrogen-bond donors (Lipinski definition) is 1. The standard InChI is InChI=1S/C14H17NO3/c1-11-12-5-2-3-6-13(12)14(17)15(11)7-4-9-18-10-8-16/h2-3,5-6,16H,1,4,7-10H2. The van der Waals surface area contributed by atoms with Crippen molar-refractivity contribution in [3.05, 3.63) is 42.0 Å². The Bertz CT molecular complexity index is 421. The van der Waals surface area contributed by atoms with E-state index in [0.29, 0.717) is 19.8 Å². The van der Waals surface area contributed by atoms with Gasteiger partial charge in [-0.05, 0) is 12.5 Å². The quantitative estimate of drug-likeness (QED) is 0.775. The molecule has 1 heterocycles. The van der Waals surface area contributed by atoms with Gasteiger partial charge < -0.3 is 14.7 Å². The maximum Gasteiger partial charge on any atom is 0.258 e. The highest BCUT2D eigenvalue weighted by Gasteiger charge is 2.29. The molecule has 0 aromatic heterocycles. The number of ether oxygens (including phenoxy) is 1. The van der Waals surface area contributed by atoms with Crippen molar-refractivity contribution in [3.63, 3.8) is 0 Å². The molecule has 1 aliphatic rings. The molecule has 1 amide bonds. The molecule has 0 atom stereocenters. The largest absolute Gasteiger partial charge is 0.394 e. The van der Waals surface area contributed by atoms with E-state index < -0.39 is 0 Å². The van der Waals surface area contributed by atoms with Gasteiger partial charge in [0.25, 0.3) is 5.91 Å². The van der Waals surface area contributed by atoms with Crippen molar-refractivity contribution in [3.8, 4) is 0 Å². The first-order valence-corrected chi connectivity index (χ1v) is 6.04. The highest BCUT2D eigenvalue weighted by Crippen LogP contribution is 2.30. The summed E-state index contributed by atoms with van der Waals surface area (Å²) >= 11 is 0. The summed E-state index contributed by atoms with van der Waals surface area (Å²) in [5.41, 5.74) is 2.40. The number of carbonyl (C=O) groups excluding carboxylic acids is 1. The molecular formula is C14H17NO3. The molecular weight excluding hydrogens is 230 g/mol. The van der Waals surface area contributed by atoms with Crippen molar-refractivity contribution in [2.75, 3.05) is 26.4 Å². The van der Waals surface area contributed by atoms with Crippen LogP contribution in [0.15, 0.2) is 30.8 Å². The Morgan fingerprint density at radius 1 is 1.22 bits per heavy atom. The smallest absolute Gasteiger partial charge is 0.258 e. The normalized spacial score (nSPS) is 14.2. The monoisotopic (exact) mass is 247 g/mol. The number of nitrogens with zero attached hydrogens (tertiary/aromatic N) is 1. The molecule has 0 radical (unpaired) electrons. The fourth-order valence-electron chi connectivity index (χ4n) is 2.06. The van der Waals surface area contributed by atoms with Crippen molar-refractivity contribution in [1.29, 1.82) is 0 Å². The van der Waals surface area contributed by atoms with E-state index in [4.69, 9.17) is 9.84 Å². The van der Waals surface area contributed by atoms with Gasteiger partial charge in [-0.25, -0.2) is 0 Å². The molecule has 96 valence electrons. The average molecular weight is 247 g/mol. The number of fused-ring (bicyclic) bond motifs is 1. The Balaban J connectivity index is 1.93. The summed E-state index contributed by atoms with van der Waals surface area (Å²) in [5, 5.41) is 8.58. The number of aliphatic hydroxyl groups is 1. The average Bonchev–Trinajstić information content (AvgIpc) is 2.64. The van der Waals surface area contributed by atoms with Crippen LogP contribution in [0.5, 0.6) is 0 Å². The molecule has 18 heavy (non-hydrogen) atoms. The molecule has 0 unspecified atom stereocenters. The number of benzene rings is 1. The minimum atomic E-state index is 0.0118. The lowest BCUT2D eigenvalue weighted by Crippen LogP contribution is -2.25. The molecule has 0 aliphatic carbocycles. The SMILES string of the molecule is C=C1c2ccccc2C(=O)N1CCCOCCO. The topological polar surface area (TPSA) is 49.8 Å². The second kappa shape index (κ2) is 5.80. The molecule has 4 nitrogen and oxygen atoms in total. The number of rotatable bonds is 6. The van der Waals surface area contributed by atoms with Crippen molar-refractivity contribution in [2.24, 2.45) is 0 Å². The fourth-order valence-corrected chi connectivity index (χ4v) is 2.06. The molecule has 1 aromatic carbocycles. The zero-order chi connectivity index (χ0) is 13.0. The lowest BCUT2D eigenvalue weighted by atomic mass is 10.1. The van der Waals surface area contributed by atoms with Crippen molar-refractivity contribution in [2.45, 2.75) is 6.42 Å². The van der Waals surface area contributed by atoms with Crippen molar-refractivity contribution in [1.82, 2.24) is 4.90 Å². The van der Waals surface area contributed by atoms with Gasteiger partial charge >= 0.3 is 0 Å². The van der Waals surface area contributed by atoms with Gasteiger partial charge in [-0.1, -0.05) is 24.8 Å². The maximum atomic E-state index is 12.1. The van der Waals surface area contributed by atoms with Gasteiger partial charge in [0.05, 0.1) is 13.2 Å². The van der Waals surface area contributed by atoms with E-state index in [1.54, 1.807) is 4.90 Å². The van der Waals surface area contributed by atoms with Gasteiger partial charge in [0.2, 0.25) is 0 Å². The van der Waals surface area contributed by atoms with Crippen LogP contribution in [0.4, 0.5) is 0 Å². The van der Waals surface area contributed by atoms with E-state index in [0.717, 1.165) is 23.2 Å². The molecule has 0 bridgehead atoms. The molecule has 1 aliphatic heterocycles. The predicted octanol–water partition coefficient (Wildman–Crippen LogP) is 1.51. The molecule has 4 heteroatoms. The third kappa shape index (κ3) is 2.44. The highest BCUT2D eigenvalue weighted by molar-refractivity contribution is 6.08. The van der Waals surface area contributed by atoms with Gasteiger partial charge in [0, 0.05) is 30.0 Å². The van der Waals surface area contributed by atoms with Crippen LogP contribution in [0.2, 0.25) is 0 Å². The Kier molecular flexibility index (Phi) is 4.12. The Morgan fingerprint density at radius 3 is 2.61 bits per heavy atom. The lowest BCUT2D eigenvalue weighted by molar-refractivity contribution is 0.0770. The zero-order valence-electron chi connectivity index (χ0n) is 10.3. The van der Waals surface area contributed by atoms with Crippen LogP contribution >= 0.6 is 0 Å². The minimum Gasteiger partial charge on any atom is -0.394 e. The zero-order valence-corrected chi connectivity index (χ0v) is 10.3. The summed E-state index contributed by atoms with van der Waals surface area (Å²) in [6.45, 7) is 5.47. The summed E-state index contributed by atoms with van der Waals surface area (Å²) in [7, 11) is 0. The number of hydrogen-bond acceptors (Lipinski definition) is 3. The van der Waals surface area contributed by atoms with Gasteiger partial charge in [0.1, 0.15) is 0 Å². The number of aliphatic hydroxyl groups excluding tert-OH is 1. The first kappa shape index (κ1) is 12.8. The maximum absolute atomic E-state index is 12.1. The summed E-state index contributed by atoms with van der Waals surface area (Å²) in [6.07, 6.45) is 0.735. The van der Waals surface area contributed by atoms with E-state index in [1.165, 1.54) is 0 Å². The summed E-state index contributed by atoms with van der Waals surface area (Å²) < 4.78 is 5.17. The number of carbonyl (C=O) groups is 1. The van der Waals surface area contributed by atoms with Gasteiger partial charge in [0.15, 0.2) is 0 Å². The van der Waals surface area contributed by atoms with E-state index in [2.05, 4.69) is 6.58 Å². The van der Waals surface area contributed by atoms with Crippen LogP contribution in [-0.4, -0.2) is 42.3 Å². The summed E-state index contributed by atoms with van der Waals surface area (Å²) in [6, 6.07) is 7.51. The number of amides is 1. The molecule has 2 rings (SSSR count). The van der Waals surface area contributed by atoms with Gasteiger partial charge in [-0.3, -0.25) is 4.79 Å². The van der Waals surface area contributed by atoms with Crippen LogP contribution in [0.3, 0.4) is 0 Å². The highest BCUT2D eigenvalue weighted by atomic mass is 16.5. The third-order valence-electron chi connectivity index (χ3n) is 2.95. The first-order valence-electron chi connectivity index (χ1n) is 6.04. The summed E-state index contributed by atoms with van der Waals surface area (Å²) in [4.78, 5) is 13.8. The van der Waals surface area contributed by atoms with Crippen LogP contribution in [0.25, 0.3) is 5.70 Å². The van der Waals surface area contributed by atoms with Crippen LogP contribution in [0, 0.1) is 0 Å². The van der Waals surface area contributed by atoms with Crippen LogP contribution < -0.4 is 0 Å². The van der Waals surface area contributed by atoms with E-state index in [9.17, 15) is 4.79 Å². The molecule has 0 saturated carbocycles. The van der Waals surface area contributed by atoms with E-state index >= 15 is 0 Å². The van der Waals surface area contributed by atoms with E-state index in [-0.39, 0.29) is 12.5 Å². The Labute approximate surface area is 106 Å². The molecule has 0 saturated heterocycles. The van der Waals surface area contributed by atoms with Crippen LogP contribution in [-0.2, 0) is 4.74 Å². The lowest BCUT2D eigenvalue weighted by Gasteiger charge is -2.17. The van der Waals surface area contributed by atoms with E-state index in [1.807, 2.05) is 24.3 Å². The Morgan fingerprint density at radius 2 is 1.94 bits per heavy atom. The third-order valence-corrected chi connectivity index (χ3v) is 2.95. The first-order chi connectivity index (χ1) is 8.75. The van der Waals surface area contributed by atoms with Crippen LogP contribution in [0.1, 0.15) is 22.3 Å². The molecule has 1 N–H and O–H groups in total. The predicted molar refractivity (Wildman–Crippen MR) is 69.0 cm³/mol.